The Morgan fingerprint density at radius 3 is 2.54 bits per heavy atom. The van der Waals surface area contributed by atoms with Crippen molar-refractivity contribution in [2.75, 3.05) is 0 Å². The van der Waals surface area contributed by atoms with Crippen LogP contribution in [0.1, 0.15) is 24.0 Å². The molecule has 2 heteroatoms. The van der Waals surface area contributed by atoms with Gasteiger partial charge in [-0.15, -0.1) is 0 Å². The predicted molar refractivity (Wildman–Crippen MR) is 49.5 cm³/mol. The van der Waals surface area contributed by atoms with E-state index in [-0.39, 0.29) is 18.0 Å². The van der Waals surface area contributed by atoms with Crippen molar-refractivity contribution in [3.8, 4) is 0 Å². The Morgan fingerprint density at radius 1 is 1.31 bits per heavy atom. The molecule has 2 rings (SSSR count). The van der Waals surface area contributed by atoms with Crippen LogP contribution in [0, 0.1) is 6.92 Å². The third-order valence-corrected chi connectivity index (χ3v) is 2.55. The molecule has 1 heterocycles. The van der Waals surface area contributed by atoms with Gasteiger partial charge in [-0.05, 0) is 25.0 Å². The Hall–Kier alpha value is -1.31. The van der Waals surface area contributed by atoms with Crippen molar-refractivity contribution < 1.29 is 9.53 Å². The lowest BCUT2D eigenvalue weighted by Crippen LogP contribution is -2.41. The highest BCUT2D eigenvalue weighted by Crippen LogP contribution is 2.33. The Bertz CT molecular complexity index is 344. The van der Waals surface area contributed by atoms with Gasteiger partial charge in [0.1, 0.15) is 12.0 Å². The summed E-state index contributed by atoms with van der Waals surface area (Å²) in [6, 6.07) is 7.96. The number of hydrogen-bond donors (Lipinski definition) is 0. The van der Waals surface area contributed by atoms with Gasteiger partial charge in [-0.3, -0.25) is 4.79 Å². The summed E-state index contributed by atoms with van der Waals surface area (Å²) < 4.78 is 4.92. The largest absolute Gasteiger partial charge is 0.461 e. The monoisotopic (exact) mass is 176 g/mol. The lowest BCUT2D eigenvalue weighted by atomic mass is 9.87. The summed E-state index contributed by atoms with van der Waals surface area (Å²) in [6.45, 7) is 3.95. The number of ether oxygens (including phenoxy) is 1. The number of aryl methyl sites for hydroxylation is 1. The molecule has 0 aliphatic carbocycles. The second-order valence-electron chi connectivity index (χ2n) is 3.48. The highest BCUT2D eigenvalue weighted by Gasteiger charge is 2.40. The van der Waals surface area contributed by atoms with Crippen molar-refractivity contribution in [3.63, 3.8) is 0 Å². The number of esters is 1. The Balaban J connectivity index is 2.35. The molecule has 0 N–H and O–H groups in total. The first-order chi connectivity index (χ1) is 6.20. The van der Waals surface area contributed by atoms with Crippen molar-refractivity contribution >= 4 is 5.97 Å². The van der Waals surface area contributed by atoms with E-state index in [9.17, 15) is 4.79 Å². The molecule has 1 aromatic carbocycles. The first kappa shape index (κ1) is 8.30. The average Bonchev–Trinajstić information content (AvgIpc) is 2.09. The van der Waals surface area contributed by atoms with E-state index >= 15 is 0 Å². The molecule has 1 fully saturated rings. The van der Waals surface area contributed by atoms with E-state index in [1.165, 1.54) is 0 Å². The number of cyclic esters (lactones) is 1. The van der Waals surface area contributed by atoms with Crippen molar-refractivity contribution in [1.82, 2.24) is 0 Å². The second-order valence-corrected chi connectivity index (χ2v) is 3.48. The minimum absolute atomic E-state index is 0.0357. The molecule has 2 nitrogen and oxygen atoms in total. The van der Waals surface area contributed by atoms with Crippen molar-refractivity contribution in [1.29, 1.82) is 0 Å². The first-order valence-electron chi connectivity index (χ1n) is 4.46. The van der Waals surface area contributed by atoms with E-state index < -0.39 is 0 Å². The summed E-state index contributed by atoms with van der Waals surface area (Å²) >= 11 is 0. The standard InChI is InChI=1S/C11H12O2/c1-7-5-3-4-6-9(7)10-8(2)13-11(10)12/h3-6,8,10H,1-2H3. The highest BCUT2D eigenvalue weighted by molar-refractivity contribution is 5.84. The molecule has 0 amide bonds. The Kier molecular flexibility index (Phi) is 1.83. The summed E-state index contributed by atoms with van der Waals surface area (Å²) in [6.07, 6.45) is 0.0357. The maximum atomic E-state index is 11.2. The number of carbonyl (C=O) groups excluding carboxylic acids is 1. The van der Waals surface area contributed by atoms with Crippen LogP contribution in [-0.2, 0) is 9.53 Å². The van der Waals surface area contributed by atoms with Gasteiger partial charge >= 0.3 is 5.97 Å². The minimum Gasteiger partial charge on any atom is -0.461 e. The molecular formula is C11H12O2. The summed E-state index contributed by atoms with van der Waals surface area (Å²) in [5.74, 6) is -0.136. The van der Waals surface area contributed by atoms with Gasteiger partial charge in [-0.1, -0.05) is 24.3 Å². The van der Waals surface area contributed by atoms with Crippen LogP contribution in [0.25, 0.3) is 0 Å². The molecule has 2 atom stereocenters. The fourth-order valence-corrected chi connectivity index (χ4v) is 1.76. The number of rotatable bonds is 1. The van der Waals surface area contributed by atoms with E-state index in [4.69, 9.17) is 4.74 Å². The van der Waals surface area contributed by atoms with Gasteiger partial charge in [0.05, 0.1) is 0 Å². The minimum atomic E-state index is -0.0956. The fraction of sp³-hybridized carbons (Fsp3) is 0.364. The second kappa shape index (κ2) is 2.87. The zero-order valence-electron chi connectivity index (χ0n) is 7.78. The molecule has 1 aliphatic heterocycles. The van der Waals surface area contributed by atoms with Gasteiger partial charge in [0, 0.05) is 0 Å². The van der Waals surface area contributed by atoms with E-state index in [0.29, 0.717) is 0 Å². The summed E-state index contributed by atoms with van der Waals surface area (Å²) in [5.41, 5.74) is 2.27. The van der Waals surface area contributed by atoms with E-state index in [1.807, 2.05) is 38.1 Å². The molecule has 13 heavy (non-hydrogen) atoms. The molecule has 2 unspecified atom stereocenters. The van der Waals surface area contributed by atoms with Gasteiger partial charge < -0.3 is 4.74 Å². The molecule has 68 valence electrons. The van der Waals surface area contributed by atoms with Crippen molar-refractivity contribution in [3.05, 3.63) is 35.4 Å². The molecule has 1 aliphatic rings. The highest BCUT2D eigenvalue weighted by atomic mass is 16.6. The van der Waals surface area contributed by atoms with Crippen molar-refractivity contribution in [2.45, 2.75) is 25.9 Å². The predicted octanol–water partition coefficient (Wildman–Crippen LogP) is 2.02. The summed E-state index contributed by atoms with van der Waals surface area (Å²) in [7, 11) is 0. The lowest BCUT2D eigenvalue weighted by molar-refractivity contribution is -0.172. The van der Waals surface area contributed by atoms with Crippen LogP contribution in [0.2, 0.25) is 0 Å². The third-order valence-electron chi connectivity index (χ3n) is 2.55. The van der Waals surface area contributed by atoms with Crippen LogP contribution >= 0.6 is 0 Å². The first-order valence-corrected chi connectivity index (χ1v) is 4.46. The quantitative estimate of drug-likeness (QED) is 0.612. The van der Waals surface area contributed by atoms with Crippen LogP contribution in [0.4, 0.5) is 0 Å². The van der Waals surface area contributed by atoms with Crippen LogP contribution < -0.4 is 0 Å². The average molecular weight is 176 g/mol. The molecular weight excluding hydrogens is 164 g/mol. The van der Waals surface area contributed by atoms with Gasteiger partial charge in [0.25, 0.3) is 0 Å². The lowest BCUT2D eigenvalue weighted by Gasteiger charge is -2.33. The van der Waals surface area contributed by atoms with Gasteiger partial charge in [-0.25, -0.2) is 0 Å². The van der Waals surface area contributed by atoms with Crippen molar-refractivity contribution in [2.24, 2.45) is 0 Å². The summed E-state index contributed by atoms with van der Waals surface area (Å²) in [4.78, 5) is 11.2. The molecule has 1 saturated heterocycles. The number of hydrogen-bond acceptors (Lipinski definition) is 2. The Labute approximate surface area is 77.5 Å². The third kappa shape index (κ3) is 1.22. The fourth-order valence-electron chi connectivity index (χ4n) is 1.76. The van der Waals surface area contributed by atoms with E-state index in [0.717, 1.165) is 11.1 Å². The normalized spacial score (nSPS) is 26.5. The van der Waals surface area contributed by atoms with Crippen LogP contribution in [0.15, 0.2) is 24.3 Å². The Morgan fingerprint density at radius 2 is 2.00 bits per heavy atom. The van der Waals surface area contributed by atoms with E-state index in [2.05, 4.69) is 0 Å². The molecule has 0 aromatic heterocycles. The smallest absolute Gasteiger partial charge is 0.317 e. The van der Waals surface area contributed by atoms with Crippen LogP contribution in [-0.4, -0.2) is 12.1 Å². The maximum absolute atomic E-state index is 11.2. The van der Waals surface area contributed by atoms with Crippen LogP contribution in [0.3, 0.4) is 0 Å². The molecule has 0 bridgehead atoms. The molecule has 0 saturated carbocycles. The van der Waals surface area contributed by atoms with E-state index in [1.54, 1.807) is 0 Å². The molecule has 0 spiro atoms. The number of carbonyl (C=O) groups is 1. The molecule has 0 radical (unpaired) electrons. The molecule has 1 aromatic rings. The van der Waals surface area contributed by atoms with Gasteiger partial charge in [0.15, 0.2) is 0 Å². The van der Waals surface area contributed by atoms with Gasteiger partial charge in [0.2, 0.25) is 0 Å². The van der Waals surface area contributed by atoms with Crippen LogP contribution in [0.5, 0.6) is 0 Å². The summed E-state index contributed by atoms with van der Waals surface area (Å²) in [5, 5.41) is 0. The maximum Gasteiger partial charge on any atom is 0.317 e. The number of benzene rings is 1. The van der Waals surface area contributed by atoms with Gasteiger partial charge in [-0.2, -0.15) is 0 Å². The zero-order chi connectivity index (χ0) is 9.42. The topological polar surface area (TPSA) is 26.3 Å². The zero-order valence-corrected chi connectivity index (χ0v) is 7.78. The SMILES string of the molecule is Cc1ccccc1C1C(=O)OC1C.